The summed E-state index contributed by atoms with van der Waals surface area (Å²) in [5.41, 5.74) is 7.78. The zero-order chi connectivity index (χ0) is 15.9. The number of aryl methyl sites for hydroxylation is 1. The summed E-state index contributed by atoms with van der Waals surface area (Å²) in [6.07, 6.45) is 3.76. The lowest BCUT2D eigenvalue weighted by Gasteiger charge is -2.26. The van der Waals surface area contributed by atoms with Crippen molar-refractivity contribution >= 4 is 24.0 Å². The summed E-state index contributed by atoms with van der Waals surface area (Å²) in [6.45, 7) is 3.03. The average Bonchev–Trinajstić information content (AvgIpc) is 2.50. The molecule has 1 aliphatic carbocycles. The van der Waals surface area contributed by atoms with E-state index in [0.29, 0.717) is 13.2 Å². The Morgan fingerprint density at radius 1 is 1.35 bits per heavy atom. The quantitative estimate of drug-likeness (QED) is 0.779. The minimum Gasteiger partial charge on any atom is -0.491 e. The first-order valence-corrected chi connectivity index (χ1v) is 7.89. The number of benzene rings is 1. The molecule has 1 amide bonds. The minimum atomic E-state index is 0. The highest BCUT2D eigenvalue weighted by molar-refractivity contribution is 5.93. The summed E-state index contributed by atoms with van der Waals surface area (Å²) in [4.78, 5) is 12.3. The summed E-state index contributed by atoms with van der Waals surface area (Å²) in [5, 5.41) is 3.02. The molecule has 5 nitrogen and oxygen atoms in total. The van der Waals surface area contributed by atoms with Gasteiger partial charge in [0.25, 0.3) is 0 Å². The fourth-order valence-corrected chi connectivity index (χ4v) is 2.81. The van der Waals surface area contributed by atoms with Gasteiger partial charge in [0.15, 0.2) is 0 Å². The molecule has 1 aromatic rings. The lowest BCUT2D eigenvalue weighted by Crippen LogP contribution is -2.34. The first-order chi connectivity index (χ1) is 10.6. The van der Waals surface area contributed by atoms with Crippen LogP contribution in [0.15, 0.2) is 18.2 Å². The summed E-state index contributed by atoms with van der Waals surface area (Å²) < 4.78 is 10.5. The van der Waals surface area contributed by atoms with Crippen molar-refractivity contribution in [1.82, 2.24) is 0 Å². The monoisotopic (exact) mass is 342 g/mol. The number of rotatable bonds is 6. The topological polar surface area (TPSA) is 73.6 Å². The molecule has 2 unspecified atom stereocenters. The van der Waals surface area contributed by atoms with E-state index in [0.717, 1.165) is 42.7 Å². The zero-order valence-corrected chi connectivity index (χ0v) is 14.7. The van der Waals surface area contributed by atoms with Crippen LogP contribution in [0.5, 0.6) is 5.75 Å². The number of nitrogens with two attached hydrogens (primary N) is 1. The molecular formula is C17H27ClN2O3. The van der Waals surface area contributed by atoms with Gasteiger partial charge in [0, 0.05) is 24.8 Å². The second kappa shape index (κ2) is 9.75. The Bertz CT molecular complexity index is 511. The second-order valence-corrected chi connectivity index (χ2v) is 5.93. The first-order valence-electron chi connectivity index (χ1n) is 7.89. The largest absolute Gasteiger partial charge is 0.491 e. The Morgan fingerprint density at radius 3 is 2.78 bits per heavy atom. The number of amides is 1. The minimum absolute atomic E-state index is 0. The van der Waals surface area contributed by atoms with Crippen LogP contribution in [-0.4, -0.2) is 32.3 Å². The third-order valence-electron chi connectivity index (χ3n) is 4.10. The standard InChI is InChI=1S/C17H26N2O3.ClH/c1-12-10-15(22-9-8-21-2)6-7-16(12)19-17(20)13-4-3-5-14(18)11-13;/h6-7,10,13-14H,3-5,8-9,11,18H2,1-2H3,(H,19,20);1H. The van der Waals surface area contributed by atoms with Gasteiger partial charge in [0.2, 0.25) is 5.91 Å². The predicted octanol–water partition coefficient (Wildman–Crippen LogP) is 2.90. The van der Waals surface area contributed by atoms with E-state index in [-0.39, 0.29) is 30.3 Å². The van der Waals surface area contributed by atoms with E-state index < -0.39 is 0 Å². The molecule has 0 heterocycles. The van der Waals surface area contributed by atoms with Crippen molar-refractivity contribution < 1.29 is 14.3 Å². The van der Waals surface area contributed by atoms with Gasteiger partial charge in [-0.1, -0.05) is 6.42 Å². The van der Waals surface area contributed by atoms with Gasteiger partial charge < -0.3 is 20.5 Å². The number of ether oxygens (including phenoxy) is 2. The fourth-order valence-electron chi connectivity index (χ4n) is 2.81. The maximum atomic E-state index is 12.3. The van der Waals surface area contributed by atoms with E-state index in [1.165, 1.54) is 0 Å². The van der Waals surface area contributed by atoms with Crippen LogP contribution in [0.4, 0.5) is 5.69 Å². The third-order valence-corrected chi connectivity index (χ3v) is 4.10. The van der Waals surface area contributed by atoms with Crippen LogP contribution >= 0.6 is 12.4 Å². The molecule has 1 fully saturated rings. The van der Waals surface area contributed by atoms with Crippen molar-refractivity contribution in [2.75, 3.05) is 25.6 Å². The Hall–Kier alpha value is -1.30. The average molecular weight is 343 g/mol. The van der Waals surface area contributed by atoms with Crippen molar-refractivity contribution in [3.63, 3.8) is 0 Å². The molecule has 0 aromatic heterocycles. The predicted molar refractivity (Wildman–Crippen MR) is 94.4 cm³/mol. The first kappa shape index (κ1) is 19.7. The third kappa shape index (κ3) is 6.01. The van der Waals surface area contributed by atoms with Crippen molar-refractivity contribution in [1.29, 1.82) is 0 Å². The molecule has 0 radical (unpaired) electrons. The van der Waals surface area contributed by atoms with Gasteiger partial charge in [-0.25, -0.2) is 0 Å². The number of anilines is 1. The zero-order valence-electron chi connectivity index (χ0n) is 13.8. The Balaban J connectivity index is 0.00000264. The highest BCUT2D eigenvalue weighted by atomic mass is 35.5. The molecule has 2 atom stereocenters. The molecule has 3 N–H and O–H groups in total. The molecule has 0 aliphatic heterocycles. The van der Waals surface area contributed by atoms with Gasteiger partial charge >= 0.3 is 0 Å². The van der Waals surface area contributed by atoms with E-state index in [2.05, 4.69) is 5.32 Å². The molecule has 1 saturated carbocycles. The van der Waals surface area contributed by atoms with Crippen LogP contribution in [0.3, 0.4) is 0 Å². The molecule has 6 heteroatoms. The van der Waals surface area contributed by atoms with Crippen LogP contribution in [-0.2, 0) is 9.53 Å². The highest BCUT2D eigenvalue weighted by Gasteiger charge is 2.25. The van der Waals surface area contributed by atoms with Crippen LogP contribution in [0, 0.1) is 12.8 Å². The highest BCUT2D eigenvalue weighted by Crippen LogP contribution is 2.26. The molecule has 1 aliphatic rings. The number of halogens is 1. The van der Waals surface area contributed by atoms with E-state index in [1.54, 1.807) is 7.11 Å². The Kier molecular flexibility index (Phi) is 8.37. The fraction of sp³-hybridized carbons (Fsp3) is 0.588. The maximum absolute atomic E-state index is 12.3. The molecule has 23 heavy (non-hydrogen) atoms. The lowest BCUT2D eigenvalue weighted by molar-refractivity contribution is -0.120. The summed E-state index contributed by atoms with van der Waals surface area (Å²) >= 11 is 0. The van der Waals surface area contributed by atoms with Crippen molar-refractivity contribution in [2.45, 2.75) is 38.6 Å². The van der Waals surface area contributed by atoms with Gasteiger partial charge in [-0.2, -0.15) is 0 Å². The van der Waals surface area contributed by atoms with E-state index in [1.807, 2.05) is 25.1 Å². The molecule has 0 bridgehead atoms. The second-order valence-electron chi connectivity index (χ2n) is 5.93. The van der Waals surface area contributed by atoms with Crippen molar-refractivity contribution in [2.24, 2.45) is 11.7 Å². The summed E-state index contributed by atoms with van der Waals surface area (Å²) in [6, 6.07) is 5.84. The van der Waals surface area contributed by atoms with E-state index in [4.69, 9.17) is 15.2 Å². The Labute approximate surface area is 144 Å². The van der Waals surface area contributed by atoms with Gasteiger partial charge in [0.05, 0.1) is 6.61 Å². The van der Waals surface area contributed by atoms with Gasteiger partial charge in [-0.15, -0.1) is 12.4 Å². The summed E-state index contributed by atoms with van der Waals surface area (Å²) in [7, 11) is 1.64. The van der Waals surface area contributed by atoms with Crippen LogP contribution < -0.4 is 15.8 Å². The van der Waals surface area contributed by atoms with Crippen LogP contribution in [0.1, 0.15) is 31.2 Å². The SMILES string of the molecule is COCCOc1ccc(NC(=O)C2CCCC(N)C2)c(C)c1.Cl. The van der Waals surface area contributed by atoms with E-state index in [9.17, 15) is 4.79 Å². The number of nitrogens with one attached hydrogen (secondary N) is 1. The Morgan fingerprint density at radius 2 is 2.13 bits per heavy atom. The normalized spacial score (nSPS) is 20.5. The van der Waals surface area contributed by atoms with Crippen molar-refractivity contribution in [3.05, 3.63) is 23.8 Å². The number of hydrogen-bond donors (Lipinski definition) is 2. The lowest BCUT2D eigenvalue weighted by atomic mass is 9.85. The number of carbonyl (C=O) groups excluding carboxylic acids is 1. The molecule has 0 saturated heterocycles. The smallest absolute Gasteiger partial charge is 0.227 e. The molecule has 0 spiro atoms. The summed E-state index contributed by atoms with van der Waals surface area (Å²) in [5.74, 6) is 0.888. The van der Waals surface area contributed by atoms with Crippen LogP contribution in [0.25, 0.3) is 0 Å². The number of methoxy groups -OCH3 is 1. The molecule has 1 aromatic carbocycles. The maximum Gasteiger partial charge on any atom is 0.227 e. The van der Waals surface area contributed by atoms with Gasteiger partial charge in [-0.05, 0) is 49.9 Å². The number of carbonyl (C=O) groups is 1. The molecule has 130 valence electrons. The van der Waals surface area contributed by atoms with Gasteiger partial charge in [0.1, 0.15) is 12.4 Å². The van der Waals surface area contributed by atoms with Crippen LogP contribution in [0.2, 0.25) is 0 Å². The van der Waals surface area contributed by atoms with Crippen molar-refractivity contribution in [3.8, 4) is 5.75 Å². The van der Waals surface area contributed by atoms with Gasteiger partial charge in [-0.3, -0.25) is 4.79 Å². The molecular weight excluding hydrogens is 316 g/mol. The number of hydrogen-bond acceptors (Lipinski definition) is 4. The molecule has 2 rings (SSSR count). The van der Waals surface area contributed by atoms with E-state index >= 15 is 0 Å².